The third-order valence-electron chi connectivity index (χ3n) is 2.33. The number of carbonyl (C=O) groups is 1. The number of aromatic nitrogens is 4. The normalized spacial score (nSPS) is 11.4. The molecule has 0 aliphatic rings. The van der Waals surface area contributed by atoms with Crippen LogP contribution in [0.15, 0.2) is 22.7 Å². The van der Waals surface area contributed by atoms with Crippen LogP contribution in [0.5, 0.6) is 0 Å². The van der Waals surface area contributed by atoms with Gasteiger partial charge >= 0.3 is 6.18 Å². The highest BCUT2D eigenvalue weighted by molar-refractivity contribution is 9.10. The number of benzene rings is 1. The fourth-order valence-corrected chi connectivity index (χ4v) is 1.81. The molecular formula is C10H7BrF3N5O. The molecule has 1 heterocycles. The zero-order valence-electron chi connectivity index (χ0n) is 9.70. The van der Waals surface area contributed by atoms with Crippen molar-refractivity contribution >= 4 is 21.8 Å². The molecule has 0 bridgehead atoms. The van der Waals surface area contributed by atoms with Crippen LogP contribution in [0.3, 0.4) is 0 Å². The SMILES string of the molecule is O=C(NCc1nn[nH]n1)c1cc(C(F)(F)F)ccc1Br. The highest BCUT2D eigenvalue weighted by atomic mass is 79.9. The van der Waals surface area contributed by atoms with Crippen LogP contribution in [0, 0.1) is 0 Å². The number of hydrogen-bond acceptors (Lipinski definition) is 4. The Morgan fingerprint density at radius 1 is 1.40 bits per heavy atom. The van der Waals surface area contributed by atoms with Crippen molar-refractivity contribution in [2.75, 3.05) is 0 Å². The molecule has 2 rings (SSSR count). The van der Waals surface area contributed by atoms with Crippen LogP contribution >= 0.6 is 15.9 Å². The largest absolute Gasteiger partial charge is 0.416 e. The minimum Gasteiger partial charge on any atom is -0.345 e. The van der Waals surface area contributed by atoms with Gasteiger partial charge in [-0.1, -0.05) is 5.21 Å². The van der Waals surface area contributed by atoms with E-state index in [0.29, 0.717) is 0 Å². The molecule has 0 saturated heterocycles. The minimum atomic E-state index is -4.51. The number of nitrogens with one attached hydrogen (secondary N) is 2. The first-order valence-corrected chi connectivity index (χ1v) is 6.04. The fourth-order valence-electron chi connectivity index (χ4n) is 1.39. The Balaban J connectivity index is 2.16. The second kappa shape index (κ2) is 5.57. The first-order valence-electron chi connectivity index (χ1n) is 5.25. The van der Waals surface area contributed by atoms with Crippen molar-refractivity contribution in [3.05, 3.63) is 39.6 Å². The van der Waals surface area contributed by atoms with E-state index in [4.69, 9.17) is 0 Å². The van der Waals surface area contributed by atoms with Gasteiger partial charge in [0.1, 0.15) is 0 Å². The van der Waals surface area contributed by atoms with Gasteiger partial charge in [0.05, 0.1) is 17.7 Å². The Kier molecular flexibility index (Phi) is 4.02. The lowest BCUT2D eigenvalue weighted by molar-refractivity contribution is -0.137. The van der Waals surface area contributed by atoms with Crippen LogP contribution in [0.25, 0.3) is 0 Å². The van der Waals surface area contributed by atoms with Crippen molar-refractivity contribution in [2.45, 2.75) is 12.7 Å². The maximum Gasteiger partial charge on any atom is 0.416 e. The van der Waals surface area contributed by atoms with Crippen LogP contribution in [0.1, 0.15) is 21.7 Å². The van der Waals surface area contributed by atoms with E-state index in [9.17, 15) is 18.0 Å². The zero-order chi connectivity index (χ0) is 14.8. The summed E-state index contributed by atoms with van der Waals surface area (Å²) in [7, 11) is 0. The van der Waals surface area contributed by atoms with Gasteiger partial charge in [0.15, 0.2) is 5.82 Å². The minimum absolute atomic E-state index is 0.0436. The highest BCUT2D eigenvalue weighted by Gasteiger charge is 2.31. The smallest absolute Gasteiger partial charge is 0.345 e. The molecule has 1 aromatic heterocycles. The first-order chi connectivity index (χ1) is 9.38. The van der Waals surface area contributed by atoms with Crippen molar-refractivity contribution in [3.63, 3.8) is 0 Å². The molecule has 2 N–H and O–H groups in total. The van der Waals surface area contributed by atoms with E-state index in [1.807, 2.05) is 0 Å². The number of rotatable bonds is 3. The summed E-state index contributed by atoms with van der Waals surface area (Å²) in [5, 5.41) is 15.1. The summed E-state index contributed by atoms with van der Waals surface area (Å²) in [6.07, 6.45) is -4.51. The number of alkyl halides is 3. The van der Waals surface area contributed by atoms with E-state index in [-0.39, 0.29) is 22.4 Å². The van der Waals surface area contributed by atoms with Crippen molar-refractivity contribution in [3.8, 4) is 0 Å². The Bertz CT molecular complexity index is 614. The quantitative estimate of drug-likeness (QED) is 0.886. The number of tetrazole rings is 1. The molecule has 1 aromatic carbocycles. The predicted octanol–water partition coefficient (Wildman–Crippen LogP) is 1.91. The molecule has 1 amide bonds. The second-order valence-electron chi connectivity index (χ2n) is 3.70. The van der Waals surface area contributed by atoms with Crippen molar-refractivity contribution in [1.82, 2.24) is 25.9 Å². The molecule has 106 valence electrons. The summed E-state index contributed by atoms with van der Waals surface area (Å²) in [5.41, 5.74) is -1.02. The topological polar surface area (TPSA) is 83.6 Å². The molecule has 20 heavy (non-hydrogen) atoms. The lowest BCUT2D eigenvalue weighted by Gasteiger charge is -2.10. The second-order valence-corrected chi connectivity index (χ2v) is 4.56. The molecule has 0 spiro atoms. The number of carbonyl (C=O) groups excluding carboxylic acids is 1. The molecule has 10 heteroatoms. The average molecular weight is 350 g/mol. The number of H-pyrrole nitrogens is 1. The molecular weight excluding hydrogens is 343 g/mol. The molecule has 0 aliphatic heterocycles. The van der Waals surface area contributed by atoms with E-state index in [0.717, 1.165) is 12.1 Å². The number of aromatic amines is 1. The van der Waals surface area contributed by atoms with Gasteiger partial charge in [-0.25, -0.2) is 0 Å². The van der Waals surface area contributed by atoms with Crippen molar-refractivity contribution in [2.24, 2.45) is 0 Å². The van der Waals surface area contributed by atoms with Crippen molar-refractivity contribution in [1.29, 1.82) is 0 Å². The van der Waals surface area contributed by atoms with E-state index in [1.165, 1.54) is 6.07 Å². The third-order valence-corrected chi connectivity index (χ3v) is 3.03. The fraction of sp³-hybridized carbons (Fsp3) is 0.200. The molecule has 0 saturated carbocycles. The molecule has 0 fully saturated rings. The van der Waals surface area contributed by atoms with Crippen LogP contribution < -0.4 is 5.32 Å². The van der Waals surface area contributed by atoms with Crippen LogP contribution in [0.2, 0.25) is 0 Å². The van der Waals surface area contributed by atoms with Crippen LogP contribution in [-0.2, 0) is 12.7 Å². The van der Waals surface area contributed by atoms with Crippen molar-refractivity contribution < 1.29 is 18.0 Å². The number of nitrogens with zero attached hydrogens (tertiary/aromatic N) is 3. The van der Waals surface area contributed by atoms with E-state index in [1.54, 1.807) is 0 Å². The van der Waals surface area contributed by atoms with Gasteiger partial charge in [0.2, 0.25) is 0 Å². The maximum atomic E-state index is 12.6. The molecule has 2 aromatic rings. The summed E-state index contributed by atoms with van der Waals surface area (Å²) in [6, 6.07) is 2.84. The van der Waals surface area contributed by atoms with Crippen LogP contribution in [-0.4, -0.2) is 26.5 Å². The van der Waals surface area contributed by atoms with E-state index >= 15 is 0 Å². The van der Waals surface area contributed by atoms with Gasteiger partial charge in [-0.3, -0.25) is 4.79 Å². The van der Waals surface area contributed by atoms with Gasteiger partial charge in [-0.2, -0.15) is 18.4 Å². The van der Waals surface area contributed by atoms with Gasteiger partial charge in [0, 0.05) is 4.47 Å². The van der Waals surface area contributed by atoms with Crippen LogP contribution in [0.4, 0.5) is 13.2 Å². The Hall–Kier alpha value is -1.97. The molecule has 0 radical (unpaired) electrons. The third kappa shape index (κ3) is 3.32. The van der Waals surface area contributed by atoms with Gasteiger partial charge in [-0.15, -0.1) is 10.2 Å². The number of amides is 1. The molecule has 0 atom stereocenters. The molecule has 0 aliphatic carbocycles. The standard InChI is InChI=1S/C10H7BrF3N5O/c11-7-2-1-5(10(12,13)14)3-6(7)9(20)15-4-8-16-18-19-17-8/h1-3H,4H2,(H,15,20)(H,16,17,18,19). The average Bonchev–Trinajstić information content (AvgIpc) is 2.88. The first kappa shape index (κ1) is 14.4. The van der Waals surface area contributed by atoms with Gasteiger partial charge < -0.3 is 5.32 Å². The summed E-state index contributed by atoms with van der Waals surface area (Å²) in [6.45, 7) is -0.0436. The Morgan fingerprint density at radius 2 is 2.15 bits per heavy atom. The highest BCUT2D eigenvalue weighted by Crippen LogP contribution is 2.31. The monoisotopic (exact) mass is 349 g/mol. The lowest BCUT2D eigenvalue weighted by Crippen LogP contribution is -2.24. The molecule has 6 nitrogen and oxygen atoms in total. The lowest BCUT2D eigenvalue weighted by atomic mass is 10.1. The van der Waals surface area contributed by atoms with E-state index < -0.39 is 17.6 Å². The summed E-state index contributed by atoms with van der Waals surface area (Å²) >= 11 is 3.04. The number of hydrogen-bond donors (Lipinski definition) is 2. The summed E-state index contributed by atoms with van der Waals surface area (Å²) in [5.74, 6) is -0.450. The predicted molar refractivity (Wildman–Crippen MR) is 64.5 cm³/mol. The Labute approximate surface area is 118 Å². The molecule has 0 unspecified atom stereocenters. The zero-order valence-corrected chi connectivity index (χ0v) is 11.3. The van der Waals surface area contributed by atoms with E-state index in [2.05, 4.69) is 41.9 Å². The summed E-state index contributed by atoms with van der Waals surface area (Å²) < 4.78 is 38.0. The number of halogens is 4. The Morgan fingerprint density at radius 3 is 2.75 bits per heavy atom. The van der Waals surface area contributed by atoms with Gasteiger partial charge in [-0.05, 0) is 34.1 Å². The van der Waals surface area contributed by atoms with Gasteiger partial charge in [0.25, 0.3) is 5.91 Å². The maximum absolute atomic E-state index is 12.6. The summed E-state index contributed by atoms with van der Waals surface area (Å²) in [4.78, 5) is 11.8.